The molecular weight excluding hydrogens is 270 g/mol. The molecular formula is C12H21NO5S. The van der Waals surface area contributed by atoms with Gasteiger partial charge in [0.05, 0.1) is 11.2 Å². The summed E-state index contributed by atoms with van der Waals surface area (Å²) in [6.07, 6.45) is 2.92. The van der Waals surface area contributed by atoms with E-state index >= 15 is 0 Å². The predicted molar refractivity (Wildman–Crippen MR) is 69.1 cm³/mol. The first-order chi connectivity index (χ1) is 8.96. The highest BCUT2D eigenvalue weighted by Gasteiger charge is 2.45. The van der Waals surface area contributed by atoms with Crippen LogP contribution < -0.4 is 0 Å². The van der Waals surface area contributed by atoms with Gasteiger partial charge in [-0.1, -0.05) is 6.42 Å². The van der Waals surface area contributed by atoms with Crippen LogP contribution in [0.1, 0.15) is 32.1 Å². The average Bonchev–Trinajstić information content (AvgIpc) is 2.97. The van der Waals surface area contributed by atoms with Crippen molar-refractivity contribution in [2.45, 2.75) is 37.4 Å². The van der Waals surface area contributed by atoms with Gasteiger partial charge in [-0.25, -0.2) is 12.7 Å². The first kappa shape index (κ1) is 14.7. The van der Waals surface area contributed by atoms with Crippen molar-refractivity contribution in [3.8, 4) is 0 Å². The molecule has 110 valence electrons. The fraction of sp³-hybridized carbons (Fsp3) is 0.917. The van der Waals surface area contributed by atoms with Crippen LogP contribution in [0.4, 0.5) is 0 Å². The fourth-order valence-electron chi connectivity index (χ4n) is 3.20. The summed E-state index contributed by atoms with van der Waals surface area (Å²) in [5, 5.41) is 17.2. The van der Waals surface area contributed by atoms with E-state index in [1.807, 2.05) is 0 Å². The Balaban J connectivity index is 2.08. The molecule has 6 nitrogen and oxygen atoms in total. The number of aliphatic carboxylic acids is 1. The van der Waals surface area contributed by atoms with Crippen molar-refractivity contribution in [2.24, 2.45) is 11.8 Å². The van der Waals surface area contributed by atoms with E-state index in [2.05, 4.69) is 0 Å². The number of aliphatic hydroxyl groups excluding tert-OH is 1. The largest absolute Gasteiger partial charge is 0.481 e. The summed E-state index contributed by atoms with van der Waals surface area (Å²) < 4.78 is 26.4. The van der Waals surface area contributed by atoms with Crippen molar-refractivity contribution >= 4 is 16.0 Å². The number of carboxylic acids is 1. The van der Waals surface area contributed by atoms with Crippen molar-refractivity contribution in [2.75, 3.05) is 19.7 Å². The van der Waals surface area contributed by atoms with Crippen LogP contribution in [-0.2, 0) is 14.8 Å². The van der Waals surface area contributed by atoms with Crippen molar-refractivity contribution in [3.63, 3.8) is 0 Å². The molecule has 2 fully saturated rings. The van der Waals surface area contributed by atoms with Crippen LogP contribution in [0.25, 0.3) is 0 Å². The second-order valence-electron chi connectivity index (χ2n) is 5.48. The maximum atomic E-state index is 12.5. The molecule has 0 aromatic heterocycles. The number of sulfonamides is 1. The van der Waals surface area contributed by atoms with Crippen LogP contribution >= 0.6 is 0 Å². The summed E-state index contributed by atoms with van der Waals surface area (Å²) in [4.78, 5) is 11.1. The van der Waals surface area contributed by atoms with Crippen LogP contribution in [0.15, 0.2) is 0 Å². The summed E-state index contributed by atoms with van der Waals surface area (Å²) in [6, 6.07) is 0. The molecule has 1 saturated heterocycles. The van der Waals surface area contributed by atoms with Gasteiger partial charge in [-0.2, -0.15) is 0 Å². The Morgan fingerprint density at radius 1 is 1.26 bits per heavy atom. The van der Waals surface area contributed by atoms with Gasteiger partial charge in [0, 0.05) is 19.7 Å². The number of hydrogen-bond acceptors (Lipinski definition) is 4. The van der Waals surface area contributed by atoms with E-state index in [0.29, 0.717) is 38.8 Å². The van der Waals surface area contributed by atoms with E-state index in [4.69, 9.17) is 10.2 Å². The zero-order valence-electron chi connectivity index (χ0n) is 10.9. The number of carboxylic acid groups (broad SMARTS) is 1. The van der Waals surface area contributed by atoms with Gasteiger partial charge in [-0.15, -0.1) is 0 Å². The summed E-state index contributed by atoms with van der Waals surface area (Å²) in [5.74, 6) is -1.57. The van der Waals surface area contributed by atoms with Gasteiger partial charge in [0.15, 0.2) is 0 Å². The minimum absolute atomic E-state index is 0.0692. The highest BCUT2D eigenvalue weighted by molar-refractivity contribution is 7.89. The van der Waals surface area contributed by atoms with Gasteiger partial charge < -0.3 is 10.2 Å². The summed E-state index contributed by atoms with van der Waals surface area (Å²) in [5.41, 5.74) is 0. The Morgan fingerprint density at radius 3 is 2.63 bits per heavy atom. The molecule has 2 N–H and O–H groups in total. The molecule has 3 atom stereocenters. The molecule has 0 bridgehead atoms. The Morgan fingerprint density at radius 2 is 2.00 bits per heavy atom. The first-order valence-electron chi connectivity index (χ1n) is 6.79. The third-order valence-corrected chi connectivity index (χ3v) is 6.68. The summed E-state index contributed by atoms with van der Waals surface area (Å²) in [6.45, 7) is 0.946. The smallest absolute Gasteiger partial charge is 0.307 e. The molecule has 0 amide bonds. The number of hydrogen-bond donors (Lipinski definition) is 2. The molecule has 1 saturated carbocycles. The van der Waals surface area contributed by atoms with E-state index in [9.17, 15) is 13.2 Å². The highest BCUT2D eigenvalue weighted by Crippen LogP contribution is 2.35. The van der Waals surface area contributed by atoms with Crippen LogP contribution in [-0.4, -0.2) is 53.9 Å². The van der Waals surface area contributed by atoms with E-state index in [-0.39, 0.29) is 12.5 Å². The topological polar surface area (TPSA) is 94.9 Å². The minimum Gasteiger partial charge on any atom is -0.481 e. The predicted octanol–water partition coefficient (Wildman–Crippen LogP) is 0.274. The molecule has 0 aromatic rings. The second kappa shape index (κ2) is 5.76. The van der Waals surface area contributed by atoms with E-state index in [1.165, 1.54) is 4.31 Å². The molecule has 0 aromatic carbocycles. The van der Waals surface area contributed by atoms with Crippen LogP contribution in [0.2, 0.25) is 0 Å². The lowest BCUT2D eigenvalue weighted by Gasteiger charge is -2.23. The summed E-state index contributed by atoms with van der Waals surface area (Å²) >= 11 is 0. The molecule has 0 spiro atoms. The lowest BCUT2D eigenvalue weighted by molar-refractivity contribution is -0.141. The monoisotopic (exact) mass is 291 g/mol. The Kier molecular flexibility index (Phi) is 4.47. The number of nitrogens with zero attached hydrogens (tertiary/aromatic N) is 1. The fourth-order valence-corrected chi connectivity index (χ4v) is 5.50. The molecule has 1 heterocycles. The SMILES string of the molecule is O=C(O)C1CCCC1S(=O)(=O)N1CCC(CCO)C1. The van der Waals surface area contributed by atoms with Crippen molar-refractivity contribution in [1.82, 2.24) is 4.31 Å². The molecule has 2 aliphatic rings. The van der Waals surface area contributed by atoms with Gasteiger partial charge in [0.25, 0.3) is 0 Å². The number of aliphatic hydroxyl groups is 1. The minimum atomic E-state index is -3.51. The second-order valence-corrected chi connectivity index (χ2v) is 7.64. The van der Waals surface area contributed by atoms with Gasteiger partial charge >= 0.3 is 5.97 Å². The maximum Gasteiger partial charge on any atom is 0.307 e. The van der Waals surface area contributed by atoms with Gasteiger partial charge in [0.2, 0.25) is 10.0 Å². The molecule has 1 aliphatic heterocycles. The van der Waals surface area contributed by atoms with E-state index in [1.54, 1.807) is 0 Å². The van der Waals surface area contributed by atoms with Crippen LogP contribution in [0, 0.1) is 11.8 Å². The Hall–Kier alpha value is -0.660. The average molecular weight is 291 g/mol. The molecule has 1 aliphatic carbocycles. The van der Waals surface area contributed by atoms with E-state index in [0.717, 1.165) is 6.42 Å². The zero-order valence-corrected chi connectivity index (χ0v) is 11.7. The normalized spacial score (nSPS) is 32.8. The molecule has 0 radical (unpaired) electrons. The third-order valence-electron chi connectivity index (χ3n) is 4.30. The maximum absolute atomic E-state index is 12.5. The quantitative estimate of drug-likeness (QED) is 0.758. The molecule has 2 rings (SSSR count). The molecule has 3 unspecified atom stereocenters. The Labute approximate surface area is 113 Å². The van der Waals surface area contributed by atoms with Crippen molar-refractivity contribution < 1.29 is 23.4 Å². The lowest BCUT2D eigenvalue weighted by atomic mass is 10.1. The van der Waals surface area contributed by atoms with Gasteiger partial charge in [-0.05, 0) is 31.6 Å². The van der Waals surface area contributed by atoms with Crippen LogP contribution in [0.5, 0.6) is 0 Å². The zero-order chi connectivity index (χ0) is 14.0. The highest BCUT2D eigenvalue weighted by atomic mass is 32.2. The Bertz CT molecular complexity index is 435. The molecule has 19 heavy (non-hydrogen) atoms. The summed E-state index contributed by atoms with van der Waals surface area (Å²) in [7, 11) is -3.51. The van der Waals surface area contributed by atoms with E-state index < -0.39 is 27.2 Å². The van der Waals surface area contributed by atoms with Crippen LogP contribution in [0.3, 0.4) is 0 Å². The standard InChI is InChI=1S/C12H21NO5S/c14-7-5-9-4-6-13(8-9)19(17,18)11-3-1-2-10(11)12(15)16/h9-11,14H,1-8H2,(H,15,16). The lowest BCUT2D eigenvalue weighted by Crippen LogP contribution is -2.41. The number of rotatable bonds is 5. The van der Waals surface area contributed by atoms with Crippen molar-refractivity contribution in [1.29, 1.82) is 0 Å². The third kappa shape index (κ3) is 2.93. The van der Waals surface area contributed by atoms with Gasteiger partial charge in [-0.3, -0.25) is 4.79 Å². The first-order valence-corrected chi connectivity index (χ1v) is 8.29. The number of carbonyl (C=O) groups is 1. The van der Waals surface area contributed by atoms with Crippen molar-refractivity contribution in [3.05, 3.63) is 0 Å². The molecule has 7 heteroatoms. The van der Waals surface area contributed by atoms with Gasteiger partial charge in [0.1, 0.15) is 0 Å².